The Labute approximate surface area is 205 Å². The molecular formula is C28H40N2O3S. The average Bonchev–Trinajstić information content (AvgIpc) is 3.08. The van der Waals surface area contributed by atoms with Gasteiger partial charge in [0, 0.05) is 11.1 Å². The van der Waals surface area contributed by atoms with Gasteiger partial charge in [-0.3, -0.25) is 0 Å². The molecule has 4 aliphatic rings. The summed E-state index contributed by atoms with van der Waals surface area (Å²) in [7, 11) is -3.72. The average molecular weight is 485 g/mol. The van der Waals surface area contributed by atoms with Gasteiger partial charge in [0.2, 0.25) is 0 Å². The predicted octanol–water partition coefficient (Wildman–Crippen LogP) is 5.57. The summed E-state index contributed by atoms with van der Waals surface area (Å²) in [5, 5.41) is 14.8. The van der Waals surface area contributed by atoms with E-state index in [0.29, 0.717) is 22.6 Å². The number of aliphatic hydroxyl groups excluding tert-OH is 1. The van der Waals surface area contributed by atoms with E-state index in [1.54, 1.807) is 0 Å². The zero-order valence-corrected chi connectivity index (χ0v) is 22.1. The number of sulfonamides is 1. The molecule has 0 bridgehead atoms. The summed E-state index contributed by atoms with van der Waals surface area (Å²) in [5.74, 6) is 1.82. The molecule has 5 nitrogen and oxygen atoms in total. The van der Waals surface area contributed by atoms with Crippen molar-refractivity contribution in [3.63, 3.8) is 0 Å². The van der Waals surface area contributed by atoms with Crippen LogP contribution in [0.3, 0.4) is 0 Å². The molecule has 6 heteroatoms. The van der Waals surface area contributed by atoms with Crippen LogP contribution in [-0.4, -0.2) is 25.3 Å². The van der Waals surface area contributed by atoms with Crippen LogP contribution >= 0.6 is 0 Å². The van der Waals surface area contributed by atoms with Gasteiger partial charge in [0.1, 0.15) is 0 Å². The highest BCUT2D eigenvalue weighted by molar-refractivity contribution is 7.89. The summed E-state index contributed by atoms with van der Waals surface area (Å²) < 4.78 is 26.4. The van der Waals surface area contributed by atoms with Crippen LogP contribution in [0.5, 0.6) is 0 Å². The molecule has 0 saturated heterocycles. The van der Waals surface area contributed by atoms with Crippen molar-refractivity contribution in [1.29, 1.82) is 0 Å². The third kappa shape index (κ3) is 3.67. The lowest BCUT2D eigenvalue weighted by atomic mass is 9.48. The molecule has 34 heavy (non-hydrogen) atoms. The first-order valence-electron chi connectivity index (χ1n) is 13.0. The number of hydrogen-bond acceptors (Lipinski definition) is 4. The minimum Gasteiger partial charge on any atom is -0.393 e. The van der Waals surface area contributed by atoms with Gasteiger partial charge in [0.25, 0.3) is 10.0 Å². The van der Waals surface area contributed by atoms with Crippen molar-refractivity contribution in [3.05, 3.63) is 40.5 Å². The highest BCUT2D eigenvalue weighted by Gasteiger charge is 2.57. The van der Waals surface area contributed by atoms with Gasteiger partial charge in [-0.1, -0.05) is 43.2 Å². The number of benzene rings is 1. The molecule has 6 atom stereocenters. The third-order valence-corrected chi connectivity index (χ3v) is 11.5. The number of nitrogens with one attached hydrogen (secondary N) is 1. The topological polar surface area (TPSA) is 78.8 Å². The van der Waals surface area contributed by atoms with Crippen LogP contribution in [0.1, 0.15) is 81.9 Å². The Morgan fingerprint density at radius 1 is 1.00 bits per heavy atom. The van der Waals surface area contributed by atoms with E-state index in [0.717, 1.165) is 73.8 Å². The maximum atomic E-state index is 13.2. The van der Waals surface area contributed by atoms with Crippen LogP contribution in [0, 0.1) is 49.4 Å². The molecule has 0 heterocycles. The quantitative estimate of drug-likeness (QED) is 0.435. The van der Waals surface area contributed by atoms with Crippen molar-refractivity contribution in [2.24, 2.45) is 33.7 Å². The van der Waals surface area contributed by atoms with Crippen LogP contribution in [0.25, 0.3) is 0 Å². The lowest BCUT2D eigenvalue weighted by Crippen LogP contribution is -2.50. The standard InChI is InChI=1S/C28H40N2O3S/c1-17-14-18(2)26(19(3)15-17)34(32,33)30-29-25-9-8-23-22-7-6-20-16-21(31)10-12-27(20,4)24(22)11-13-28(23,25)5/h6,14-15,21-24,30-31H,7-13,16H2,1-5H3/b29-25-/t21-,22?,23?,24?,27-,28-/m0/s1. The lowest BCUT2D eigenvalue weighted by molar-refractivity contribution is -0.0209. The zero-order chi connectivity index (χ0) is 24.5. The molecule has 0 aromatic heterocycles. The highest BCUT2D eigenvalue weighted by atomic mass is 32.2. The largest absolute Gasteiger partial charge is 0.393 e. The van der Waals surface area contributed by atoms with Crippen molar-refractivity contribution in [2.75, 3.05) is 0 Å². The molecule has 1 aromatic rings. The molecule has 3 fully saturated rings. The summed E-state index contributed by atoms with van der Waals surface area (Å²) >= 11 is 0. The summed E-state index contributed by atoms with van der Waals surface area (Å²) in [6.07, 6.45) is 10.4. The van der Waals surface area contributed by atoms with Crippen LogP contribution in [0.2, 0.25) is 0 Å². The SMILES string of the molecule is Cc1cc(C)c(S(=O)(=O)N/N=C2/CCC3C4CC=C5C[C@@H](O)CC[C@]5(C)C4CC[C@]23C)c(C)c1. The van der Waals surface area contributed by atoms with E-state index in [1.165, 1.54) is 5.57 Å². The van der Waals surface area contributed by atoms with E-state index in [4.69, 9.17) is 0 Å². The molecule has 0 radical (unpaired) electrons. The first-order chi connectivity index (χ1) is 16.0. The Kier molecular flexibility index (Phi) is 5.80. The summed E-state index contributed by atoms with van der Waals surface area (Å²) in [4.78, 5) is 2.98. The van der Waals surface area contributed by atoms with Gasteiger partial charge in [-0.15, -0.1) is 0 Å². The van der Waals surface area contributed by atoms with Crippen molar-refractivity contribution >= 4 is 15.7 Å². The first-order valence-corrected chi connectivity index (χ1v) is 14.5. The second kappa shape index (κ2) is 8.19. The number of nitrogens with zero attached hydrogens (tertiary/aromatic N) is 1. The molecule has 0 spiro atoms. The van der Waals surface area contributed by atoms with E-state index in [1.807, 2.05) is 32.9 Å². The fourth-order valence-corrected chi connectivity index (χ4v) is 9.65. The molecule has 186 valence electrons. The number of allylic oxidation sites excluding steroid dienone is 1. The molecule has 5 rings (SSSR count). The van der Waals surface area contributed by atoms with Gasteiger partial charge in [0.05, 0.1) is 11.0 Å². The number of aryl methyl sites for hydroxylation is 3. The van der Waals surface area contributed by atoms with E-state index in [2.05, 4.69) is 29.9 Å². The number of rotatable bonds is 3. The van der Waals surface area contributed by atoms with Gasteiger partial charge < -0.3 is 5.11 Å². The van der Waals surface area contributed by atoms with E-state index in [-0.39, 0.29) is 16.9 Å². The van der Waals surface area contributed by atoms with E-state index < -0.39 is 10.0 Å². The Bertz CT molecular complexity index is 1150. The fraction of sp³-hybridized carbons (Fsp3) is 0.679. The zero-order valence-electron chi connectivity index (χ0n) is 21.3. The van der Waals surface area contributed by atoms with Gasteiger partial charge in [-0.25, -0.2) is 4.83 Å². The lowest BCUT2D eigenvalue weighted by Gasteiger charge is -2.57. The van der Waals surface area contributed by atoms with Crippen LogP contribution < -0.4 is 4.83 Å². The number of hydrazone groups is 1. The summed E-state index contributed by atoms with van der Waals surface area (Å²) in [6, 6.07) is 3.83. The first kappa shape index (κ1) is 24.1. The molecule has 4 aliphatic carbocycles. The Hall–Kier alpha value is -1.66. The normalized spacial score (nSPS) is 38.6. The van der Waals surface area contributed by atoms with Gasteiger partial charge in [0.15, 0.2) is 0 Å². The molecule has 3 saturated carbocycles. The van der Waals surface area contributed by atoms with E-state index in [9.17, 15) is 13.5 Å². The Balaban J connectivity index is 1.40. The fourth-order valence-electron chi connectivity index (χ4n) is 8.37. The smallest absolute Gasteiger partial charge is 0.277 e. The van der Waals surface area contributed by atoms with Crippen LogP contribution in [0.15, 0.2) is 33.8 Å². The van der Waals surface area contributed by atoms with E-state index >= 15 is 0 Å². The second-order valence-corrected chi connectivity index (χ2v) is 13.6. The number of aliphatic hydroxyl groups is 1. The molecule has 0 amide bonds. The Morgan fingerprint density at radius 3 is 2.35 bits per heavy atom. The van der Waals surface area contributed by atoms with Crippen molar-refractivity contribution < 1.29 is 13.5 Å². The van der Waals surface area contributed by atoms with Gasteiger partial charge >= 0.3 is 0 Å². The van der Waals surface area contributed by atoms with Gasteiger partial charge in [-0.05, 0) is 106 Å². The second-order valence-electron chi connectivity index (χ2n) is 12.0. The Morgan fingerprint density at radius 2 is 1.65 bits per heavy atom. The monoisotopic (exact) mass is 484 g/mol. The van der Waals surface area contributed by atoms with Crippen LogP contribution in [0.4, 0.5) is 0 Å². The van der Waals surface area contributed by atoms with Crippen molar-refractivity contribution in [2.45, 2.75) is 97.0 Å². The van der Waals surface area contributed by atoms with Crippen molar-refractivity contribution in [3.8, 4) is 0 Å². The van der Waals surface area contributed by atoms with Gasteiger partial charge in [-0.2, -0.15) is 13.5 Å². The molecular weight excluding hydrogens is 444 g/mol. The molecule has 2 N–H and O–H groups in total. The minimum absolute atomic E-state index is 0.0447. The molecule has 0 aliphatic heterocycles. The summed E-state index contributed by atoms with van der Waals surface area (Å²) in [5.41, 5.74) is 5.27. The third-order valence-electron chi connectivity index (χ3n) is 9.99. The van der Waals surface area contributed by atoms with Crippen molar-refractivity contribution in [1.82, 2.24) is 4.83 Å². The maximum Gasteiger partial charge on any atom is 0.277 e. The summed E-state index contributed by atoms with van der Waals surface area (Å²) in [6.45, 7) is 10.5. The number of fused-ring (bicyclic) bond motifs is 5. The minimum atomic E-state index is -3.72. The maximum absolute atomic E-state index is 13.2. The molecule has 1 aromatic carbocycles. The highest BCUT2D eigenvalue weighted by Crippen LogP contribution is 2.64. The predicted molar refractivity (Wildman–Crippen MR) is 136 cm³/mol. The molecule has 3 unspecified atom stereocenters. The number of hydrogen-bond donors (Lipinski definition) is 2. The van der Waals surface area contributed by atoms with Crippen LogP contribution in [-0.2, 0) is 10.0 Å².